The number of aromatic nitrogens is 2. The fourth-order valence-corrected chi connectivity index (χ4v) is 3.02. The average Bonchev–Trinajstić information content (AvgIpc) is 2.59. The summed E-state index contributed by atoms with van der Waals surface area (Å²) in [5.74, 6) is 0.382. The Morgan fingerprint density at radius 1 is 1.00 bits per heavy atom. The van der Waals surface area contributed by atoms with E-state index in [1.807, 2.05) is 54.6 Å². The highest BCUT2D eigenvalue weighted by Crippen LogP contribution is 2.28. The Labute approximate surface area is 139 Å². The van der Waals surface area contributed by atoms with Crippen LogP contribution in [0.25, 0.3) is 22.2 Å². The molecule has 3 rings (SSSR count). The molecule has 2 aromatic carbocycles. The minimum absolute atomic E-state index is 0.0491. The highest BCUT2D eigenvalue weighted by Gasteiger charge is 2.12. The Hall–Kier alpha value is -2.40. The van der Waals surface area contributed by atoms with Crippen LogP contribution in [0.4, 0.5) is 0 Å². The second-order valence-electron chi connectivity index (χ2n) is 5.31. The average molecular weight is 323 g/mol. The van der Waals surface area contributed by atoms with Crippen LogP contribution in [-0.2, 0) is 4.79 Å². The molecule has 0 N–H and O–H groups in total. The number of carbonyl (C=O) groups is 1. The molecule has 0 aliphatic rings. The summed E-state index contributed by atoms with van der Waals surface area (Å²) in [5, 5.41) is 1.64. The van der Waals surface area contributed by atoms with Gasteiger partial charge in [0.1, 0.15) is 0 Å². The van der Waals surface area contributed by atoms with Crippen LogP contribution in [0.2, 0.25) is 0 Å². The Balaban J connectivity index is 2.02. The smallest absolute Gasteiger partial charge is 0.232 e. The Morgan fingerprint density at radius 2 is 1.70 bits per heavy atom. The molecule has 0 atom stereocenters. The third kappa shape index (κ3) is 3.51. The van der Waals surface area contributed by atoms with Crippen LogP contribution in [0.3, 0.4) is 0 Å². The van der Waals surface area contributed by atoms with Gasteiger partial charge < -0.3 is 4.90 Å². The summed E-state index contributed by atoms with van der Waals surface area (Å²) in [5.41, 5.74) is 2.84. The number of para-hydroxylation sites is 1. The van der Waals surface area contributed by atoms with Gasteiger partial charge in [-0.3, -0.25) is 4.79 Å². The van der Waals surface area contributed by atoms with Gasteiger partial charge in [0.15, 0.2) is 5.16 Å². The molecule has 0 radical (unpaired) electrons. The largest absolute Gasteiger partial charge is 0.348 e. The SMILES string of the molecule is CN(C)C(=O)CSc1nc(-c2ccccc2)c2ccccc2n1. The number of fused-ring (bicyclic) bond motifs is 1. The topological polar surface area (TPSA) is 46.1 Å². The first-order chi connectivity index (χ1) is 11.1. The summed E-state index contributed by atoms with van der Waals surface area (Å²) in [4.78, 5) is 22.6. The lowest BCUT2D eigenvalue weighted by Crippen LogP contribution is -2.23. The van der Waals surface area contributed by atoms with Gasteiger partial charge >= 0.3 is 0 Å². The van der Waals surface area contributed by atoms with Gasteiger partial charge in [0.2, 0.25) is 5.91 Å². The van der Waals surface area contributed by atoms with Gasteiger partial charge in [0.25, 0.3) is 0 Å². The van der Waals surface area contributed by atoms with Crippen LogP contribution in [0.15, 0.2) is 59.8 Å². The first kappa shape index (κ1) is 15.5. The molecule has 0 unspecified atom stereocenters. The van der Waals surface area contributed by atoms with Crippen molar-refractivity contribution in [2.75, 3.05) is 19.8 Å². The van der Waals surface area contributed by atoms with E-state index in [9.17, 15) is 4.79 Å². The first-order valence-corrected chi connectivity index (χ1v) is 8.29. The van der Waals surface area contributed by atoms with E-state index in [4.69, 9.17) is 0 Å². The maximum atomic E-state index is 11.8. The number of hydrogen-bond acceptors (Lipinski definition) is 4. The van der Waals surface area contributed by atoms with E-state index >= 15 is 0 Å². The van der Waals surface area contributed by atoms with Crippen LogP contribution in [-0.4, -0.2) is 40.6 Å². The van der Waals surface area contributed by atoms with Crippen molar-refractivity contribution in [1.82, 2.24) is 14.9 Å². The summed E-state index contributed by atoms with van der Waals surface area (Å²) in [6.45, 7) is 0. The summed E-state index contributed by atoms with van der Waals surface area (Å²) < 4.78 is 0. The Morgan fingerprint density at radius 3 is 2.43 bits per heavy atom. The summed E-state index contributed by atoms with van der Waals surface area (Å²) in [6.07, 6.45) is 0. The molecule has 3 aromatic rings. The first-order valence-electron chi connectivity index (χ1n) is 7.30. The Kier molecular flexibility index (Phi) is 4.57. The molecule has 0 bridgehead atoms. The lowest BCUT2D eigenvalue weighted by atomic mass is 10.1. The van der Waals surface area contributed by atoms with Gasteiger partial charge in [0, 0.05) is 25.0 Å². The lowest BCUT2D eigenvalue weighted by molar-refractivity contribution is -0.125. The minimum atomic E-state index is 0.0491. The zero-order valence-electron chi connectivity index (χ0n) is 13.1. The predicted octanol–water partition coefficient (Wildman–Crippen LogP) is 3.48. The molecule has 0 fully saturated rings. The lowest BCUT2D eigenvalue weighted by Gasteiger charge is -2.11. The number of nitrogens with zero attached hydrogens (tertiary/aromatic N) is 3. The minimum Gasteiger partial charge on any atom is -0.348 e. The van der Waals surface area contributed by atoms with Gasteiger partial charge in [-0.1, -0.05) is 60.3 Å². The number of hydrogen-bond donors (Lipinski definition) is 0. The molecule has 0 aliphatic carbocycles. The molecular weight excluding hydrogens is 306 g/mol. The van der Waals surface area contributed by atoms with Gasteiger partial charge in [-0.2, -0.15) is 0 Å². The second kappa shape index (κ2) is 6.79. The molecule has 23 heavy (non-hydrogen) atoms. The van der Waals surface area contributed by atoms with Crippen molar-refractivity contribution in [2.24, 2.45) is 0 Å². The number of thioether (sulfide) groups is 1. The van der Waals surface area contributed by atoms with Crippen LogP contribution >= 0.6 is 11.8 Å². The van der Waals surface area contributed by atoms with E-state index < -0.39 is 0 Å². The van der Waals surface area contributed by atoms with E-state index in [2.05, 4.69) is 9.97 Å². The van der Waals surface area contributed by atoms with E-state index in [0.717, 1.165) is 22.2 Å². The van der Waals surface area contributed by atoms with E-state index in [1.54, 1.807) is 19.0 Å². The summed E-state index contributed by atoms with van der Waals surface area (Å²) >= 11 is 1.37. The molecule has 4 nitrogen and oxygen atoms in total. The van der Waals surface area contributed by atoms with Crippen molar-refractivity contribution in [3.05, 3.63) is 54.6 Å². The third-order valence-corrected chi connectivity index (χ3v) is 4.29. The standard InChI is InChI=1S/C18H17N3OS/c1-21(2)16(22)12-23-18-19-15-11-7-6-10-14(15)17(20-18)13-8-4-3-5-9-13/h3-11H,12H2,1-2H3. The third-order valence-electron chi connectivity index (χ3n) is 3.45. The number of amides is 1. The highest BCUT2D eigenvalue weighted by atomic mass is 32.2. The zero-order valence-corrected chi connectivity index (χ0v) is 13.9. The van der Waals surface area contributed by atoms with E-state index in [-0.39, 0.29) is 5.91 Å². The molecule has 116 valence electrons. The maximum absolute atomic E-state index is 11.8. The molecule has 5 heteroatoms. The molecule has 1 heterocycles. The van der Waals surface area contributed by atoms with Crippen LogP contribution in [0.1, 0.15) is 0 Å². The van der Waals surface area contributed by atoms with Gasteiger partial charge in [-0.15, -0.1) is 0 Å². The molecule has 1 amide bonds. The van der Waals surface area contributed by atoms with Gasteiger partial charge in [-0.25, -0.2) is 9.97 Å². The highest BCUT2D eigenvalue weighted by molar-refractivity contribution is 7.99. The quantitative estimate of drug-likeness (QED) is 0.545. The van der Waals surface area contributed by atoms with E-state index in [0.29, 0.717) is 10.9 Å². The number of rotatable bonds is 4. The predicted molar refractivity (Wildman–Crippen MR) is 94.4 cm³/mol. The Bertz CT molecular complexity index is 834. The van der Waals surface area contributed by atoms with Crippen molar-refractivity contribution in [3.8, 4) is 11.3 Å². The summed E-state index contributed by atoms with van der Waals surface area (Å²) in [7, 11) is 3.50. The van der Waals surface area contributed by atoms with Crippen molar-refractivity contribution < 1.29 is 4.79 Å². The molecule has 0 saturated carbocycles. The van der Waals surface area contributed by atoms with Crippen molar-refractivity contribution in [3.63, 3.8) is 0 Å². The van der Waals surface area contributed by atoms with Crippen molar-refractivity contribution in [2.45, 2.75) is 5.16 Å². The zero-order chi connectivity index (χ0) is 16.2. The fourth-order valence-electron chi connectivity index (χ4n) is 2.19. The molecule has 1 aromatic heterocycles. The monoisotopic (exact) mass is 323 g/mol. The molecule has 0 saturated heterocycles. The fraction of sp³-hybridized carbons (Fsp3) is 0.167. The molecule has 0 aliphatic heterocycles. The van der Waals surface area contributed by atoms with Crippen LogP contribution < -0.4 is 0 Å². The molecular formula is C18H17N3OS. The van der Waals surface area contributed by atoms with E-state index in [1.165, 1.54) is 11.8 Å². The maximum Gasteiger partial charge on any atom is 0.232 e. The number of carbonyl (C=O) groups excluding carboxylic acids is 1. The molecule has 0 spiro atoms. The van der Waals surface area contributed by atoms with Crippen molar-refractivity contribution >= 4 is 28.6 Å². The summed E-state index contributed by atoms with van der Waals surface area (Å²) in [6, 6.07) is 18.0. The number of benzene rings is 2. The van der Waals surface area contributed by atoms with Gasteiger partial charge in [0.05, 0.1) is 17.0 Å². The van der Waals surface area contributed by atoms with Crippen LogP contribution in [0, 0.1) is 0 Å². The van der Waals surface area contributed by atoms with Crippen LogP contribution in [0.5, 0.6) is 0 Å². The van der Waals surface area contributed by atoms with Gasteiger partial charge in [-0.05, 0) is 6.07 Å². The van der Waals surface area contributed by atoms with Crippen molar-refractivity contribution in [1.29, 1.82) is 0 Å². The normalized spacial score (nSPS) is 10.7. The second-order valence-corrected chi connectivity index (χ2v) is 6.26.